The highest BCUT2D eigenvalue weighted by Crippen LogP contribution is 2.47. The first kappa shape index (κ1) is 30.4. The number of anilines is 2. The number of aliphatic hydroxyl groups excluding tert-OH is 1. The van der Waals surface area contributed by atoms with Crippen LogP contribution in [0.1, 0.15) is 50.0 Å². The van der Waals surface area contributed by atoms with Crippen molar-refractivity contribution in [2.45, 2.75) is 76.3 Å². The summed E-state index contributed by atoms with van der Waals surface area (Å²) in [6, 6.07) is 10.1. The van der Waals surface area contributed by atoms with Crippen LogP contribution in [0.25, 0.3) is 22.2 Å². The minimum Gasteiger partial charge on any atom is -0.507 e. The Kier molecular flexibility index (Phi) is 7.66. The van der Waals surface area contributed by atoms with E-state index in [0.717, 1.165) is 11.1 Å². The molecule has 0 saturated carbocycles. The third-order valence-corrected chi connectivity index (χ3v) is 8.51. The lowest BCUT2D eigenvalue weighted by Gasteiger charge is -2.39. The van der Waals surface area contributed by atoms with E-state index in [4.69, 9.17) is 30.1 Å². The van der Waals surface area contributed by atoms with Crippen LogP contribution < -0.4 is 21.6 Å². The van der Waals surface area contributed by atoms with Gasteiger partial charge in [-0.05, 0) is 76.3 Å². The highest BCUT2D eigenvalue weighted by Gasteiger charge is 2.63. The number of hydrogen-bond acceptors (Lipinski definition) is 12. The molecule has 2 aliphatic heterocycles. The summed E-state index contributed by atoms with van der Waals surface area (Å²) in [6.07, 6.45) is 2.13. The second-order valence-electron chi connectivity index (χ2n) is 12.2. The van der Waals surface area contributed by atoms with Gasteiger partial charge in [-0.2, -0.15) is 0 Å². The number of fused-ring (bicyclic) bond motifs is 2. The number of nitrogens with zero attached hydrogens (tertiary/aromatic N) is 2. The number of ether oxygens (including phenoxy) is 3. The Balaban J connectivity index is 1.20. The molecule has 0 amide bonds. The maximum Gasteiger partial charge on any atom is 0.341 e. The molecule has 12 heteroatoms. The van der Waals surface area contributed by atoms with E-state index >= 15 is 0 Å². The molecule has 0 aliphatic carbocycles. The van der Waals surface area contributed by atoms with Gasteiger partial charge in [-0.1, -0.05) is 0 Å². The molecule has 0 unspecified atom stereocenters. The van der Waals surface area contributed by atoms with Crippen LogP contribution >= 0.6 is 0 Å². The van der Waals surface area contributed by atoms with Gasteiger partial charge >= 0.3 is 5.97 Å². The summed E-state index contributed by atoms with van der Waals surface area (Å²) in [4.78, 5) is 34.9. The van der Waals surface area contributed by atoms with E-state index in [2.05, 4.69) is 9.97 Å². The number of epoxide rings is 1. The number of carbonyl (C=O) groups excluding carboxylic acids is 1. The molecule has 6 rings (SSSR count). The van der Waals surface area contributed by atoms with Gasteiger partial charge < -0.3 is 40.3 Å². The fraction of sp³-hybridized carbons (Fsp3) is 0.394. The van der Waals surface area contributed by atoms with Crippen molar-refractivity contribution in [3.8, 4) is 22.8 Å². The number of phenolic OH excluding ortho intramolecular Hbond substituents is 1. The van der Waals surface area contributed by atoms with E-state index < -0.39 is 29.4 Å². The van der Waals surface area contributed by atoms with Gasteiger partial charge in [-0.15, -0.1) is 0 Å². The molecule has 3 aromatic heterocycles. The largest absolute Gasteiger partial charge is 0.507 e. The van der Waals surface area contributed by atoms with Crippen LogP contribution in [0.15, 0.2) is 51.8 Å². The van der Waals surface area contributed by atoms with Crippen molar-refractivity contribution in [1.82, 2.24) is 9.97 Å². The minimum absolute atomic E-state index is 0.0463. The number of benzene rings is 1. The zero-order valence-corrected chi connectivity index (χ0v) is 25.3. The molecule has 5 heterocycles. The second kappa shape index (κ2) is 11.4. The van der Waals surface area contributed by atoms with Crippen molar-refractivity contribution in [1.29, 1.82) is 0 Å². The smallest absolute Gasteiger partial charge is 0.341 e. The number of carbonyl (C=O) groups is 1. The van der Waals surface area contributed by atoms with Gasteiger partial charge in [-0.3, -0.25) is 4.79 Å². The monoisotopic (exact) mass is 616 g/mol. The van der Waals surface area contributed by atoms with Gasteiger partial charge in [-0.25, -0.2) is 14.8 Å². The van der Waals surface area contributed by atoms with Crippen molar-refractivity contribution in [3.63, 3.8) is 0 Å². The maximum absolute atomic E-state index is 13.8. The van der Waals surface area contributed by atoms with Crippen molar-refractivity contribution in [2.24, 2.45) is 0 Å². The molecule has 0 spiro atoms. The normalized spacial score (nSPS) is 21.6. The Morgan fingerprint density at radius 2 is 1.96 bits per heavy atom. The highest BCUT2D eigenvalue weighted by molar-refractivity contribution is 5.87. The van der Waals surface area contributed by atoms with Gasteiger partial charge in [0.25, 0.3) is 0 Å². The van der Waals surface area contributed by atoms with E-state index in [1.165, 1.54) is 6.07 Å². The molecule has 1 saturated heterocycles. The molecule has 0 radical (unpaired) electrons. The first-order valence-electron chi connectivity index (χ1n) is 14.9. The number of aromatic nitrogens is 2. The third-order valence-electron chi connectivity index (χ3n) is 8.51. The summed E-state index contributed by atoms with van der Waals surface area (Å²) in [5, 5.41) is 20.7. The van der Waals surface area contributed by atoms with Gasteiger partial charge in [0.2, 0.25) is 0 Å². The quantitative estimate of drug-likeness (QED) is 0.158. The Morgan fingerprint density at radius 3 is 2.71 bits per heavy atom. The number of aryl methyl sites for hydroxylation is 2. The molecule has 236 valence electrons. The van der Waals surface area contributed by atoms with Crippen molar-refractivity contribution in [2.75, 3.05) is 18.1 Å². The van der Waals surface area contributed by atoms with Gasteiger partial charge in [0.15, 0.2) is 11.0 Å². The Morgan fingerprint density at radius 1 is 1.16 bits per heavy atom. The predicted octanol–water partition coefficient (Wildman–Crippen LogP) is 3.60. The number of aromatic hydroxyl groups is 1. The lowest BCUT2D eigenvalue weighted by molar-refractivity contribution is -0.168. The maximum atomic E-state index is 13.8. The number of pyridine rings is 2. The number of aliphatic hydroxyl groups is 1. The average molecular weight is 617 g/mol. The van der Waals surface area contributed by atoms with Crippen LogP contribution in [-0.2, 0) is 27.1 Å². The highest BCUT2D eigenvalue weighted by atomic mass is 16.7. The Bertz CT molecular complexity index is 1850. The van der Waals surface area contributed by atoms with Crippen molar-refractivity contribution < 1.29 is 33.6 Å². The number of nitrogens with two attached hydrogens (primary N) is 2. The number of phenols is 1. The molecule has 1 fully saturated rings. The van der Waals surface area contributed by atoms with Crippen LogP contribution in [0, 0.1) is 6.92 Å². The molecular weight excluding hydrogens is 580 g/mol. The zero-order chi connectivity index (χ0) is 32.1. The standard InChI is InChI=1S/C33H36N4O8/c1-17-11-22(39)29-24(42-17)16-23-20(30(29)40)15-26(32(2,3)44-23)43-31(41)33(8-4-10-38)25(45-33)6-5-18-12-21(37-28(35)13-18)19-7-9-36-27(34)14-19/h7,9,11-14,16,25-26,38,40H,4-6,8,10,15H2,1-3H3,(H2,34,36)(H2,35,37)/t25-,26-,33-/m1/s1. The predicted molar refractivity (Wildman–Crippen MR) is 166 cm³/mol. The van der Waals surface area contributed by atoms with Crippen molar-refractivity contribution >= 4 is 28.6 Å². The summed E-state index contributed by atoms with van der Waals surface area (Å²) in [5.41, 5.74) is 12.3. The second-order valence-corrected chi connectivity index (χ2v) is 12.2. The summed E-state index contributed by atoms with van der Waals surface area (Å²) in [5.74, 6) is 0.664. The first-order chi connectivity index (χ1) is 21.4. The van der Waals surface area contributed by atoms with E-state index in [-0.39, 0.29) is 41.6 Å². The summed E-state index contributed by atoms with van der Waals surface area (Å²) in [6.45, 7) is 5.11. The molecule has 1 aromatic carbocycles. The average Bonchev–Trinajstić information content (AvgIpc) is 3.69. The van der Waals surface area contributed by atoms with Gasteiger partial charge in [0.05, 0.1) is 11.8 Å². The molecule has 4 aromatic rings. The molecular formula is C33H36N4O8. The van der Waals surface area contributed by atoms with E-state index in [0.29, 0.717) is 53.7 Å². The number of rotatable bonds is 9. The van der Waals surface area contributed by atoms with Crippen molar-refractivity contribution in [3.05, 3.63) is 69.7 Å². The van der Waals surface area contributed by atoms with Crippen LogP contribution in [0.5, 0.6) is 11.5 Å². The minimum atomic E-state index is -1.23. The molecule has 6 N–H and O–H groups in total. The van der Waals surface area contributed by atoms with Crippen LogP contribution in [-0.4, -0.2) is 56.2 Å². The fourth-order valence-electron chi connectivity index (χ4n) is 6.09. The SMILES string of the molecule is Cc1cc(=O)c2c(O)c3c(cc2o1)OC(C)(C)[C@H](OC(=O)[C@]1(CCCO)O[C@@H]1CCc1cc(N)nc(-c2ccnc(N)c2)c1)C3. The van der Waals surface area contributed by atoms with E-state index in [1.54, 1.807) is 51.2 Å². The summed E-state index contributed by atoms with van der Waals surface area (Å²) < 4.78 is 24.0. The number of hydrogen-bond donors (Lipinski definition) is 4. The molecule has 45 heavy (non-hydrogen) atoms. The lowest BCUT2D eigenvalue weighted by Crippen LogP contribution is -2.50. The fourth-order valence-corrected chi connectivity index (χ4v) is 6.09. The van der Waals surface area contributed by atoms with Crippen LogP contribution in [0.4, 0.5) is 11.6 Å². The molecule has 0 bridgehead atoms. The lowest BCUT2D eigenvalue weighted by atomic mass is 9.89. The Hall–Kier alpha value is -4.68. The van der Waals surface area contributed by atoms with Gasteiger partial charge in [0, 0.05) is 42.5 Å². The topological polar surface area (TPSA) is 197 Å². The molecule has 2 aliphatic rings. The van der Waals surface area contributed by atoms with E-state index in [9.17, 15) is 19.8 Å². The zero-order valence-electron chi connectivity index (χ0n) is 25.3. The first-order valence-corrected chi connectivity index (χ1v) is 14.9. The Labute approximate surface area is 259 Å². The molecule has 3 atom stereocenters. The molecule has 12 nitrogen and oxygen atoms in total. The van der Waals surface area contributed by atoms with Crippen LogP contribution in [0.3, 0.4) is 0 Å². The number of esters is 1. The van der Waals surface area contributed by atoms with Gasteiger partial charge in [0.1, 0.15) is 51.6 Å². The van der Waals surface area contributed by atoms with Crippen LogP contribution in [0.2, 0.25) is 0 Å². The summed E-state index contributed by atoms with van der Waals surface area (Å²) in [7, 11) is 0. The summed E-state index contributed by atoms with van der Waals surface area (Å²) >= 11 is 0. The third kappa shape index (κ3) is 5.78. The number of nitrogen functional groups attached to an aromatic ring is 2. The van der Waals surface area contributed by atoms with E-state index in [1.807, 2.05) is 6.07 Å².